The zero-order chi connectivity index (χ0) is 34.0. The molecule has 7 nitrogen and oxygen atoms in total. The summed E-state index contributed by atoms with van der Waals surface area (Å²) in [5, 5.41) is 11.2. The smallest absolute Gasteiger partial charge is 0.176 e. The van der Waals surface area contributed by atoms with Gasteiger partial charge in [0.25, 0.3) is 0 Å². The lowest BCUT2D eigenvalue weighted by Gasteiger charge is -2.09. The second kappa shape index (κ2) is 13.0. The predicted molar refractivity (Wildman–Crippen MR) is 201 cm³/mol. The molecule has 3 aromatic heterocycles. The van der Waals surface area contributed by atoms with Gasteiger partial charge in [-0.3, -0.25) is 5.41 Å². The molecule has 0 unspecified atom stereocenters. The molecule has 0 radical (unpaired) electrons. The topological polar surface area (TPSA) is 115 Å². The van der Waals surface area contributed by atoms with Gasteiger partial charge >= 0.3 is 0 Å². The van der Waals surface area contributed by atoms with Crippen LogP contribution < -0.4 is 5.73 Å². The van der Waals surface area contributed by atoms with Gasteiger partial charge in [0.05, 0.1) is 5.69 Å². The van der Waals surface area contributed by atoms with Gasteiger partial charge in [-0.1, -0.05) is 127 Å². The molecule has 0 fully saturated rings. The Balaban J connectivity index is 0.000000170. The minimum absolute atomic E-state index is 0.310. The Hall–Kier alpha value is -6.86. The zero-order valence-corrected chi connectivity index (χ0v) is 27.2. The fraction of sp³-hybridized carbons (Fsp3) is 0.0233. The van der Waals surface area contributed by atoms with Gasteiger partial charge < -0.3 is 14.6 Å². The lowest BCUT2D eigenvalue weighted by molar-refractivity contribution is 0.606. The van der Waals surface area contributed by atoms with Gasteiger partial charge in [0, 0.05) is 38.4 Å². The monoisotopic (exact) mass is 649 g/mol. The summed E-state index contributed by atoms with van der Waals surface area (Å²) in [6.07, 6.45) is 0. The van der Waals surface area contributed by atoms with Gasteiger partial charge in [0.2, 0.25) is 0 Å². The molecule has 0 spiro atoms. The SMILES string of the molecule is Cc1cccc2oc3cccc(-c4nc(-c5ccccc5)nc(-c5ccccc5)n4)c3c12.N=C(c1ccccc1)c1oc2ccccc2c1N. The number of rotatable bonds is 5. The molecule has 0 aliphatic rings. The molecule has 7 heteroatoms. The number of nitrogens with two attached hydrogens (primary N) is 1. The minimum Gasteiger partial charge on any atom is -0.456 e. The number of nitrogens with one attached hydrogen (secondary N) is 1. The van der Waals surface area contributed by atoms with E-state index < -0.39 is 0 Å². The third-order valence-corrected chi connectivity index (χ3v) is 8.59. The molecule has 240 valence electrons. The molecular weight excluding hydrogens is 619 g/mol. The quantitative estimate of drug-likeness (QED) is 0.179. The van der Waals surface area contributed by atoms with Gasteiger partial charge in [-0.2, -0.15) is 0 Å². The van der Waals surface area contributed by atoms with E-state index in [2.05, 4.69) is 19.1 Å². The molecule has 50 heavy (non-hydrogen) atoms. The standard InChI is InChI=1S/C28H19N3O.C15H12N2O/c1-18-10-8-16-22-24(18)25-21(15-9-17-23(25)32-22)28-30-26(19-11-4-2-5-12-19)29-27(31-28)20-13-6-3-7-14-20;16-13(10-6-2-1-3-7-10)15-14(17)11-8-4-5-9-12(11)18-15/h2-17H,1H3;1-9,16H,17H2. The lowest BCUT2D eigenvalue weighted by Crippen LogP contribution is -2.02. The molecule has 0 saturated heterocycles. The number of nitrogen functional groups attached to an aromatic ring is 1. The third-order valence-electron chi connectivity index (χ3n) is 8.59. The Morgan fingerprint density at radius 2 is 1.04 bits per heavy atom. The lowest BCUT2D eigenvalue weighted by atomic mass is 10.0. The Kier molecular flexibility index (Phi) is 7.91. The maximum absolute atomic E-state index is 8.17. The average Bonchev–Trinajstić information content (AvgIpc) is 3.74. The van der Waals surface area contributed by atoms with Crippen molar-refractivity contribution in [3.63, 3.8) is 0 Å². The van der Waals surface area contributed by atoms with Crippen LogP contribution in [-0.2, 0) is 0 Å². The van der Waals surface area contributed by atoms with Crippen molar-refractivity contribution in [2.24, 2.45) is 0 Å². The molecule has 9 aromatic rings. The van der Waals surface area contributed by atoms with Gasteiger partial charge in [-0.15, -0.1) is 0 Å². The Morgan fingerprint density at radius 3 is 1.68 bits per heavy atom. The highest BCUT2D eigenvalue weighted by Crippen LogP contribution is 2.38. The molecular formula is C43H31N5O2. The van der Waals surface area contributed by atoms with Crippen molar-refractivity contribution in [2.75, 3.05) is 5.73 Å². The number of furan rings is 2. The number of anilines is 1. The zero-order valence-electron chi connectivity index (χ0n) is 27.2. The summed E-state index contributed by atoms with van der Waals surface area (Å²) in [5.41, 5.74) is 14.1. The molecule has 0 amide bonds. The third kappa shape index (κ3) is 5.67. The largest absolute Gasteiger partial charge is 0.456 e. The number of para-hydroxylation sites is 1. The summed E-state index contributed by atoms with van der Waals surface area (Å²) in [7, 11) is 0. The van der Waals surface area contributed by atoms with Crippen LogP contribution in [0.4, 0.5) is 5.69 Å². The predicted octanol–water partition coefficient (Wildman–Crippen LogP) is 10.5. The van der Waals surface area contributed by atoms with Gasteiger partial charge in [0.1, 0.15) is 22.5 Å². The van der Waals surface area contributed by atoms with Crippen molar-refractivity contribution in [3.05, 3.63) is 169 Å². The van der Waals surface area contributed by atoms with E-state index in [0.29, 0.717) is 40.2 Å². The summed E-state index contributed by atoms with van der Waals surface area (Å²) in [5.74, 6) is 2.36. The number of aryl methyl sites for hydroxylation is 1. The van der Waals surface area contributed by atoms with Crippen LogP contribution in [0.15, 0.2) is 160 Å². The summed E-state index contributed by atoms with van der Waals surface area (Å²) in [6.45, 7) is 2.10. The first-order valence-corrected chi connectivity index (χ1v) is 16.2. The Bertz CT molecular complexity index is 2570. The van der Waals surface area contributed by atoms with E-state index in [4.69, 9.17) is 34.9 Å². The number of benzene rings is 6. The number of nitrogens with zero attached hydrogens (tertiary/aromatic N) is 3. The fourth-order valence-electron chi connectivity index (χ4n) is 6.14. The first-order chi connectivity index (χ1) is 24.5. The van der Waals surface area contributed by atoms with E-state index in [0.717, 1.165) is 55.1 Å². The molecule has 0 saturated carbocycles. The van der Waals surface area contributed by atoms with Crippen LogP contribution >= 0.6 is 0 Å². The highest BCUT2D eigenvalue weighted by Gasteiger charge is 2.19. The van der Waals surface area contributed by atoms with Crippen LogP contribution in [0, 0.1) is 12.3 Å². The van der Waals surface area contributed by atoms with Crippen molar-refractivity contribution in [2.45, 2.75) is 6.92 Å². The summed E-state index contributed by atoms with van der Waals surface area (Å²) in [6, 6.07) is 49.2. The Labute approximate surface area is 288 Å². The van der Waals surface area contributed by atoms with Crippen molar-refractivity contribution in [1.29, 1.82) is 5.41 Å². The molecule has 3 heterocycles. The maximum Gasteiger partial charge on any atom is 0.176 e. The molecule has 0 aliphatic heterocycles. The normalized spacial score (nSPS) is 11.1. The van der Waals surface area contributed by atoms with Crippen LogP contribution in [0.2, 0.25) is 0 Å². The average molecular weight is 650 g/mol. The number of hydrogen-bond acceptors (Lipinski definition) is 7. The van der Waals surface area contributed by atoms with E-state index >= 15 is 0 Å². The van der Waals surface area contributed by atoms with Crippen LogP contribution in [0.1, 0.15) is 16.9 Å². The molecule has 6 aromatic carbocycles. The fourth-order valence-corrected chi connectivity index (χ4v) is 6.14. The van der Waals surface area contributed by atoms with Crippen molar-refractivity contribution in [1.82, 2.24) is 15.0 Å². The molecule has 0 atom stereocenters. The molecule has 9 rings (SSSR count). The second-order valence-electron chi connectivity index (χ2n) is 11.8. The Morgan fingerprint density at radius 1 is 0.520 bits per heavy atom. The highest BCUT2D eigenvalue weighted by atomic mass is 16.3. The van der Waals surface area contributed by atoms with E-state index in [1.54, 1.807) is 0 Å². The molecule has 0 aliphatic carbocycles. The number of aromatic nitrogens is 3. The van der Waals surface area contributed by atoms with Gasteiger partial charge in [0.15, 0.2) is 23.2 Å². The first kappa shape index (κ1) is 30.5. The number of fused-ring (bicyclic) bond motifs is 4. The van der Waals surface area contributed by atoms with E-state index in [1.807, 2.05) is 140 Å². The second-order valence-corrected chi connectivity index (χ2v) is 11.8. The van der Waals surface area contributed by atoms with Crippen molar-refractivity contribution >= 4 is 44.3 Å². The van der Waals surface area contributed by atoms with Crippen LogP contribution in [0.3, 0.4) is 0 Å². The minimum atomic E-state index is 0.310. The van der Waals surface area contributed by atoms with E-state index in [9.17, 15) is 0 Å². The van der Waals surface area contributed by atoms with Gasteiger partial charge in [-0.25, -0.2) is 15.0 Å². The van der Waals surface area contributed by atoms with Crippen molar-refractivity contribution < 1.29 is 8.83 Å². The van der Waals surface area contributed by atoms with Gasteiger partial charge in [-0.05, 0) is 36.8 Å². The van der Waals surface area contributed by atoms with E-state index in [-0.39, 0.29) is 0 Å². The van der Waals surface area contributed by atoms with Crippen LogP contribution in [-0.4, -0.2) is 20.7 Å². The summed E-state index contributed by atoms with van der Waals surface area (Å²) in [4.78, 5) is 14.6. The first-order valence-electron chi connectivity index (χ1n) is 16.2. The summed E-state index contributed by atoms with van der Waals surface area (Å²) >= 11 is 0. The number of hydrogen-bond donors (Lipinski definition) is 2. The highest BCUT2D eigenvalue weighted by molar-refractivity contribution is 6.16. The van der Waals surface area contributed by atoms with Crippen LogP contribution in [0.25, 0.3) is 67.1 Å². The maximum atomic E-state index is 8.17. The summed E-state index contributed by atoms with van der Waals surface area (Å²) < 4.78 is 11.8. The van der Waals surface area contributed by atoms with Crippen LogP contribution in [0.5, 0.6) is 0 Å². The van der Waals surface area contributed by atoms with Crippen molar-refractivity contribution in [3.8, 4) is 34.2 Å². The van der Waals surface area contributed by atoms with E-state index in [1.165, 1.54) is 0 Å². The molecule has 0 bridgehead atoms. The molecule has 3 N–H and O–H groups in total.